The number of aromatic nitrogens is 1. The summed E-state index contributed by atoms with van der Waals surface area (Å²) in [6.07, 6.45) is 0. The minimum Gasteiger partial charge on any atom is -0.507 e. The molecule has 1 fully saturated rings. The summed E-state index contributed by atoms with van der Waals surface area (Å²) in [6, 6.07) is 18.3. The highest BCUT2D eigenvalue weighted by molar-refractivity contribution is 7.22. The van der Waals surface area contributed by atoms with Crippen molar-refractivity contribution in [3.63, 3.8) is 0 Å². The Morgan fingerprint density at radius 3 is 2.24 bits per heavy atom. The van der Waals surface area contributed by atoms with Crippen LogP contribution in [0.1, 0.15) is 24.1 Å². The normalized spacial score (nSPS) is 16.8. The number of aliphatic hydroxyl groups excluding tert-OH is 1. The van der Waals surface area contributed by atoms with E-state index < -0.39 is 17.7 Å². The summed E-state index contributed by atoms with van der Waals surface area (Å²) in [5, 5.41) is 11.7. The van der Waals surface area contributed by atoms with E-state index in [2.05, 4.69) is 4.98 Å². The van der Waals surface area contributed by atoms with Gasteiger partial charge in [-0.05, 0) is 67.1 Å². The number of amides is 1. The fraction of sp³-hybridized carbons (Fsp3) is 0.179. The maximum atomic E-state index is 13.4. The van der Waals surface area contributed by atoms with E-state index in [1.165, 1.54) is 16.2 Å². The molecule has 0 spiro atoms. The lowest BCUT2D eigenvalue weighted by atomic mass is 9.95. The van der Waals surface area contributed by atoms with Crippen LogP contribution in [0.4, 0.5) is 5.13 Å². The maximum Gasteiger partial charge on any atom is 0.301 e. The number of nitrogens with zero attached hydrogens (tertiary/aromatic N) is 2. The van der Waals surface area contributed by atoms with Crippen LogP contribution in [0, 0.1) is 0 Å². The van der Waals surface area contributed by atoms with Crippen molar-refractivity contribution in [2.45, 2.75) is 13.0 Å². The second-order valence-electron chi connectivity index (χ2n) is 8.23. The minimum absolute atomic E-state index is 0.0174. The number of thiazole rings is 1. The Hall–Kier alpha value is -4.37. The van der Waals surface area contributed by atoms with Gasteiger partial charge in [-0.25, -0.2) is 4.98 Å². The maximum absolute atomic E-state index is 13.4. The van der Waals surface area contributed by atoms with E-state index >= 15 is 0 Å². The number of Topliss-reactive ketones (excluding diaryl/α,β-unsaturated/α-hetero) is 1. The number of ether oxygens (including phenoxy) is 3. The minimum atomic E-state index is -0.889. The highest BCUT2D eigenvalue weighted by Crippen LogP contribution is 2.45. The zero-order chi connectivity index (χ0) is 26.1. The van der Waals surface area contributed by atoms with Gasteiger partial charge in [0.05, 0.1) is 42.7 Å². The van der Waals surface area contributed by atoms with E-state index in [0.717, 1.165) is 4.70 Å². The monoisotopic (exact) mass is 516 g/mol. The molecule has 1 aliphatic heterocycles. The number of aliphatic hydroxyl groups is 1. The van der Waals surface area contributed by atoms with Crippen LogP contribution in [0.25, 0.3) is 16.0 Å². The van der Waals surface area contributed by atoms with Crippen molar-refractivity contribution in [1.29, 1.82) is 0 Å². The molecule has 37 heavy (non-hydrogen) atoms. The Kier molecular flexibility index (Phi) is 6.54. The number of fused-ring (bicyclic) bond motifs is 1. The van der Waals surface area contributed by atoms with Gasteiger partial charge >= 0.3 is 5.91 Å². The molecule has 0 saturated carbocycles. The van der Waals surface area contributed by atoms with E-state index in [-0.39, 0.29) is 11.3 Å². The fourth-order valence-electron chi connectivity index (χ4n) is 4.29. The topological polar surface area (TPSA) is 98.2 Å². The van der Waals surface area contributed by atoms with Crippen LogP contribution >= 0.6 is 11.3 Å². The highest BCUT2D eigenvalue weighted by atomic mass is 32.1. The van der Waals surface area contributed by atoms with Crippen molar-refractivity contribution in [2.24, 2.45) is 0 Å². The molecule has 0 radical (unpaired) electrons. The Morgan fingerprint density at radius 2 is 1.59 bits per heavy atom. The number of rotatable bonds is 7. The molecule has 1 aliphatic rings. The first kappa shape index (κ1) is 24.3. The molecule has 0 bridgehead atoms. The van der Waals surface area contributed by atoms with E-state index in [1.54, 1.807) is 74.9 Å². The second kappa shape index (κ2) is 9.94. The Morgan fingerprint density at radius 1 is 0.946 bits per heavy atom. The first-order valence-electron chi connectivity index (χ1n) is 11.6. The molecule has 9 heteroatoms. The number of carbonyl (C=O) groups excluding carboxylic acids is 2. The molecule has 5 rings (SSSR count). The van der Waals surface area contributed by atoms with Crippen molar-refractivity contribution in [2.75, 3.05) is 25.7 Å². The van der Waals surface area contributed by atoms with Gasteiger partial charge in [0.1, 0.15) is 23.0 Å². The Balaban J connectivity index is 1.67. The van der Waals surface area contributed by atoms with Crippen LogP contribution in [0.2, 0.25) is 0 Å². The zero-order valence-corrected chi connectivity index (χ0v) is 21.2. The zero-order valence-electron chi connectivity index (χ0n) is 20.4. The number of anilines is 1. The molecule has 1 aromatic heterocycles. The summed E-state index contributed by atoms with van der Waals surface area (Å²) in [5.41, 5.74) is 1.68. The van der Waals surface area contributed by atoms with E-state index in [4.69, 9.17) is 14.2 Å². The third kappa shape index (κ3) is 4.38. The molecule has 1 unspecified atom stereocenters. The highest BCUT2D eigenvalue weighted by Gasteiger charge is 2.48. The molecule has 1 amide bonds. The van der Waals surface area contributed by atoms with E-state index in [1.807, 2.05) is 13.0 Å². The van der Waals surface area contributed by atoms with Gasteiger partial charge in [0.15, 0.2) is 5.13 Å². The van der Waals surface area contributed by atoms with Crippen molar-refractivity contribution in [1.82, 2.24) is 4.98 Å². The number of hydrogen-bond acceptors (Lipinski definition) is 8. The lowest BCUT2D eigenvalue weighted by Gasteiger charge is -2.23. The van der Waals surface area contributed by atoms with Crippen LogP contribution in [0.15, 0.2) is 72.3 Å². The Bertz CT molecular complexity index is 1510. The van der Waals surface area contributed by atoms with Crippen molar-refractivity contribution < 1.29 is 28.9 Å². The van der Waals surface area contributed by atoms with Gasteiger partial charge < -0.3 is 19.3 Å². The molecule has 1 saturated heterocycles. The number of ketones is 1. The molecule has 188 valence electrons. The van der Waals surface area contributed by atoms with E-state index in [9.17, 15) is 14.7 Å². The van der Waals surface area contributed by atoms with Crippen LogP contribution in [0.3, 0.4) is 0 Å². The fourth-order valence-corrected chi connectivity index (χ4v) is 5.31. The van der Waals surface area contributed by atoms with Crippen LogP contribution in [-0.4, -0.2) is 42.6 Å². The first-order valence-corrected chi connectivity index (χ1v) is 12.4. The van der Waals surface area contributed by atoms with Crippen molar-refractivity contribution in [3.05, 3.63) is 83.4 Å². The SMILES string of the molecule is CCOc1ccc(C(O)=C2C(=O)C(=O)N(c3nc4ccc(OC)cc4s3)C2c2ccc(OC)cc2)cc1. The third-order valence-electron chi connectivity index (χ3n) is 6.11. The van der Waals surface area contributed by atoms with Gasteiger partial charge in [-0.2, -0.15) is 0 Å². The summed E-state index contributed by atoms with van der Waals surface area (Å²) in [5.74, 6) is 0.0956. The van der Waals surface area contributed by atoms with Crippen LogP contribution in [-0.2, 0) is 9.59 Å². The first-order chi connectivity index (χ1) is 17.9. The number of benzene rings is 3. The molecule has 8 nitrogen and oxygen atoms in total. The van der Waals surface area contributed by atoms with Gasteiger partial charge in [0.2, 0.25) is 0 Å². The van der Waals surface area contributed by atoms with Crippen LogP contribution < -0.4 is 19.1 Å². The van der Waals surface area contributed by atoms with Crippen molar-refractivity contribution in [3.8, 4) is 17.2 Å². The quantitative estimate of drug-likeness (QED) is 0.201. The van der Waals surface area contributed by atoms with Gasteiger partial charge in [-0.3, -0.25) is 14.5 Å². The van der Waals surface area contributed by atoms with Gasteiger partial charge in [0, 0.05) is 5.56 Å². The number of carbonyl (C=O) groups is 2. The molecule has 3 aromatic carbocycles. The van der Waals surface area contributed by atoms with E-state index in [0.29, 0.717) is 45.6 Å². The molecule has 2 heterocycles. The molecule has 1 N–H and O–H groups in total. The lowest BCUT2D eigenvalue weighted by molar-refractivity contribution is -0.132. The summed E-state index contributed by atoms with van der Waals surface area (Å²) in [6.45, 7) is 2.38. The summed E-state index contributed by atoms with van der Waals surface area (Å²) < 4.78 is 16.9. The summed E-state index contributed by atoms with van der Waals surface area (Å²) in [4.78, 5) is 32.8. The number of hydrogen-bond donors (Lipinski definition) is 1. The second-order valence-corrected chi connectivity index (χ2v) is 9.24. The summed E-state index contributed by atoms with van der Waals surface area (Å²) in [7, 11) is 3.13. The third-order valence-corrected chi connectivity index (χ3v) is 7.12. The van der Waals surface area contributed by atoms with Gasteiger partial charge in [-0.1, -0.05) is 23.5 Å². The molecule has 0 aliphatic carbocycles. The van der Waals surface area contributed by atoms with Crippen LogP contribution in [0.5, 0.6) is 17.2 Å². The summed E-state index contributed by atoms with van der Waals surface area (Å²) >= 11 is 1.27. The molecular formula is C28H24N2O6S. The predicted octanol–water partition coefficient (Wildman–Crippen LogP) is 5.34. The Labute approximate surface area is 217 Å². The average Bonchev–Trinajstić information content (AvgIpc) is 3.46. The van der Waals surface area contributed by atoms with Gasteiger partial charge in [0.25, 0.3) is 5.78 Å². The lowest BCUT2D eigenvalue weighted by Crippen LogP contribution is -2.29. The van der Waals surface area contributed by atoms with Crippen molar-refractivity contribution >= 4 is 44.1 Å². The smallest absolute Gasteiger partial charge is 0.301 e. The molecule has 1 atom stereocenters. The standard InChI is InChI=1S/C28H24N2O6S/c1-4-36-19-11-7-17(8-12-19)25(31)23-24(16-5-9-18(34-2)10-6-16)30(27(33)26(23)32)28-29-21-14-13-20(35-3)15-22(21)37-28/h5-15,24,31H,4H2,1-3H3. The number of methoxy groups -OCH3 is 2. The predicted molar refractivity (Wildman–Crippen MR) is 142 cm³/mol. The van der Waals surface area contributed by atoms with Gasteiger partial charge in [-0.15, -0.1) is 0 Å². The molecular weight excluding hydrogens is 492 g/mol. The molecule has 4 aromatic rings. The average molecular weight is 517 g/mol. The largest absolute Gasteiger partial charge is 0.507 e.